The molecule has 23 heavy (non-hydrogen) atoms. The molecule has 9 heteroatoms. The van der Waals surface area contributed by atoms with Crippen molar-refractivity contribution in [1.82, 2.24) is 19.9 Å². The summed E-state index contributed by atoms with van der Waals surface area (Å²) in [6, 6.07) is -0.971. The monoisotopic (exact) mass is 323 g/mol. The molecule has 9 nitrogen and oxygen atoms in total. The van der Waals surface area contributed by atoms with E-state index in [2.05, 4.69) is 4.98 Å². The lowest BCUT2D eigenvalue weighted by Crippen LogP contribution is -2.50. The van der Waals surface area contributed by atoms with E-state index in [9.17, 15) is 14.4 Å². The number of primary amides is 1. The number of hydroxylamine groups is 1. The maximum atomic E-state index is 12.8. The molecule has 0 bridgehead atoms. The summed E-state index contributed by atoms with van der Waals surface area (Å²) in [5.41, 5.74) is 6.57. The van der Waals surface area contributed by atoms with Crippen LogP contribution in [0, 0.1) is 0 Å². The highest BCUT2D eigenvalue weighted by Gasteiger charge is 2.55. The molecule has 1 saturated carbocycles. The summed E-state index contributed by atoms with van der Waals surface area (Å²) in [6.07, 6.45) is 4.68. The molecule has 1 aliphatic rings. The second kappa shape index (κ2) is 6.37. The normalized spacial score (nSPS) is 16.5. The first-order chi connectivity index (χ1) is 10.8. The maximum absolute atomic E-state index is 12.8. The van der Waals surface area contributed by atoms with Gasteiger partial charge in [-0.2, -0.15) is 0 Å². The molecule has 3 amide bonds. The minimum Gasteiger partial charge on any atom is -0.370 e. The minimum atomic E-state index is -0.971. The zero-order chi connectivity index (χ0) is 17.2. The number of amides is 3. The third-order valence-electron chi connectivity index (χ3n) is 4.22. The number of hydrogen-bond acceptors (Lipinski definition) is 5. The van der Waals surface area contributed by atoms with Crippen LogP contribution in [0.3, 0.4) is 0 Å². The highest BCUT2D eigenvalue weighted by Crippen LogP contribution is 2.49. The zero-order valence-corrected chi connectivity index (χ0v) is 13.2. The van der Waals surface area contributed by atoms with Gasteiger partial charge in [0.05, 0.1) is 17.4 Å². The molecule has 1 aliphatic carbocycles. The molecule has 0 saturated heterocycles. The molecule has 1 aromatic heterocycles. The lowest BCUT2D eigenvalue weighted by molar-refractivity contribution is -0.145. The third kappa shape index (κ3) is 3.34. The van der Waals surface area contributed by atoms with Gasteiger partial charge < -0.3 is 15.2 Å². The van der Waals surface area contributed by atoms with Crippen molar-refractivity contribution in [2.24, 2.45) is 12.8 Å². The van der Waals surface area contributed by atoms with E-state index in [4.69, 9.17) is 10.9 Å². The van der Waals surface area contributed by atoms with Crippen molar-refractivity contribution < 1.29 is 19.6 Å². The van der Waals surface area contributed by atoms with Crippen molar-refractivity contribution in [3.8, 4) is 0 Å². The molecule has 0 aliphatic heterocycles. The molecular weight excluding hydrogens is 302 g/mol. The standard InChI is InChI=1S/C14H21N5O4/c1-18-7-10(16-8-18)14(5-6-14)13(22)19(2)9(12(21)17-23)3-4-11(15)20/h7-9,23H,3-6H2,1-2H3,(H2,15,20)(H,17,21)/t9-/m1/s1. The van der Waals surface area contributed by atoms with Crippen LogP contribution in [0.15, 0.2) is 12.5 Å². The van der Waals surface area contributed by atoms with E-state index in [0.29, 0.717) is 18.5 Å². The van der Waals surface area contributed by atoms with E-state index in [0.717, 1.165) is 0 Å². The van der Waals surface area contributed by atoms with Gasteiger partial charge in [-0.15, -0.1) is 0 Å². The number of imidazole rings is 1. The molecular formula is C14H21N5O4. The predicted molar refractivity (Wildman–Crippen MR) is 79.0 cm³/mol. The number of nitrogens with one attached hydrogen (secondary N) is 1. The summed E-state index contributed by atoms with van der Waals surface area (Å²) < 4.78 is 1.76. The molecule has 1 aromatic rings. The Morgan fingerprint density at radius 1 is 1.52 bits per heavy atom. The van der Waals surface area contributed by atoms with Gasteiger partial charge in [0.15, 0.2) is 0 Å². The fourth-order valence-corrected chi connectivity index (χ4v) is 2.70. The Hall–Kier alpha value is -2.42. The number of likely N-dealkylation sites (N-methyl/N-ethyl adjacent to an activating group) is 1. The first-order valence-electron chi connectivity index (χ1n) is 7.30. The largest absolute Gasteiger partial charge is 0.370 e. The molecule has 4 N–H and O–H groups in total. The Labute approximate surface area is 133 Å². The van der Waals surface area contributed by atoms with Gasteiger partial charge in [0.1, 0.15) is 6.04 Å². The second-order valence-corrected chi connectivity index (χ2v) is 5.92. The molecule has 1 atom stereocenters. The van der Waals surface area contributed by atoms with Gasteiger partial charge in [-0.25, -0.2) is 10.5 Å². The molecule has 1 fully saturated rings. The number of aromatic nitrogens is 2. The maximum Gasteiger partial charge on any atom is 0.266 e. The zero-order valence-electron chi connectivity index (χ0n) is 13.2. The van der Waals surface area contributed by atoms with Crippen molar-refractivity contribution in [2.45, 2.75) is 37.1 Å². The summed E-state index contributed by atoms with van der Waals surface area (Å²) in [5.74, 6) is -1.58. The number of carbonyl (C=O) groups is 3. The second-order valence-electron chi connectivity index (χ2n) is 5.92. The van der Waals surface area contributed by atoms with E-state index in [-0.39, 0.29) is 18.7 Å². The van der Waals surface area contributed by atoms with Gasteiger partial charge in [-0.1, -0.05) is 0 Å². The summed E-state index contributed by atoms with van der Waals surface area (Å²) in [7, 11) is 3.29. The van der Waals surface area contributed by atoms with Crippen LogP contribution in [0.5, 0.6) is 0 Å². The van der Waals surface area contributed by atoms with Crippen LogP contribution in [0.2, 0.25) is 0 Å². The number of aryl methyl sites for hydroxylation is 1. The van der Waals surface area contributed by atoms with Crippen LogP contribution < -0.4 is 11.2 Å². The summed E-state index contributed by atoms with van der Waals surface area (Å²) in [5, 5.41) is 8.87. The first kappa shape index (κ1) is 16.9. The highest BCUT2D eigenvalue weighted by atomic mass is 16.5. The van der Waals surface area contributed by atoms with E-state index in [1.807, 2.05) is 7.05 Å². The molecule has 2 rings (SSSR count). The summed E-state index contributed by atoms with van der Waals surface area (Å²) in [6.45, 7) is 0. The van der Waals surface area contributed by atoms with Gasteiger partial charge in [-0.05, 0) is 19.3 Å². The average molecular weight is 323 g/mol. The Kier molecular flexibility index (Phi) is 4.69. The van der Waals surface area contributed by atoms with E-state index < -0.39 is 23.3 Å². The number of nitrogens with two attached hydrogens (primary N) is 1. The molecule has 0 aromatic carbocycles. The molecule has 0 radical (unpaired) electrons. The van der Waals surface area contributed by atoms with Gasteiger partial charge in [0.2, 0.25) is 11.8 Å². The lowest BCUT2D eigenvalue weighted by Gasteiger charge is -2.29. The smallest absolute Gasteiger partial charge is 0.266 e. The fourth-order valence-electron chi connectivity index (χ4n) is 2.70. The van der Waals surface area contributed by atoms with Crippen LogP contribution in [-0.2, 0) is 26.8 Å². The first-order valence-corrected chi connectivity index (χ1v) is 7.30. The average Bonchev–Trinajstić information content (AvgIpc) is 3.21. The van der Waals surface area contributed by atoms with Crippen LogP contribution >= 0.6 is 0 Å². The van der Waals surface area contributed by atoms with Gasteiger partial charge in [0, 0.05) is 26.7 Å². The highest BCUT2D eigenvalue weighted by molar-refractivity contribution is 5.94. The van der Waals surface area contributed by atoms with Crippen LogP contribution in [0.4, 0.5) is 0 Å². The SMILES string of the molecule is CN(C(=O)C1(c2cn(C)cn2)CC1)[C@H](CCC(N)=O)C(=O)NO. The van der Waals surface area contributed by atoms with Crippen LogP contribution in [-0.4, -0.2) is 50.5 Å². The van der Waals surface area contributed by atoms with Crippen molar-refractivity contribution in [3.63, 3.8) is 0 Å². The van der Waals surface area contributed by atoms with Crippen LogP contribution in [0.1, 0.15) is 31.4 Å². The fraction of sp³-hybridized carbons (Fsp3) is 0.571. The van der Waals surface area contributed by atoms with E-state index >= 15 is 0 Å². The number of carbonyl (C=O) groups excluding carboxylic acids is 3. The van der Waals surface area contributed by atoms with Gasteiger partial charge in [-0.3, -0.25) is 19.6 Å². The molecule has 0 spiro atoms. The molecule has 1 heterocycles. The number of hydrogen-bond donors (Lipinski definition) is 3. The topological polar surface area (TPSA) is 131 Å². The Morgan fingerprint density at radius 3 is 2.61 bits per heavy atom. The predicted octanol–water partition coefficient (Wildman–Crippen LogP) is -0.950. The third-order valence-corrected chi connectivity index (χ3v) is 4.22. The van der Waals surface area contributed by atoms with Gasteiger partial charge >= 0.3 is 0 Å². The lowest BCUT2D eigenvalue weighted by atomic mass is 9.99. The number of nitrogens with zero attached hydrogens (tertiary/aromatic N) is 3. The summed E-state index contributed by atoms with van der Waals surface area (Å²) in [4.78, 5) is 41.1. The van der Waals surface area contributed by atoms with E-state index in [1.54, 1.807) is 17.1 Å². The molecule has 126 valence electrons. The van der Waals surface area contributed by atoms with Crippen LogP contribution in [0.25, 0.3) is 0 Å². The Bertz CT molecular complexity index is 622. The van der Waals surface area contributed by atoms with Crippen molar-refractivity contribution >= 4 is 17.7 Å². The quantitative estimate of drug-likeness (QED) is 0.440. The van der Waals surface area contributed by atoms with Crippen molar-refractivity contribution in [3.05, 3.63) is 18.2 Å². The molecule has 0 unspecified atom stereocenters. The summed E-state index contributed by atoms with van der Waals surface area (Å²) >= 11 is 0. The Balaban J connectivity index is 2.18. The van der Waals surface area contributed by atoms with E-state index in [1.165, 1.54) is 17.4 Å². The minimum absolute atomic E-state index is 0.0439. The van der Waals surface area contributed by atoms with Crippen molar-refractivity contribution in [1.29, 1.82) is 0 Å². The number of rotatable bonds is 7. The van der Waals surface area contributed by atoms with Gasteiger partial charge in [0.25, 0.3) is 5.91 Å². The Morgan fingerprint density at radius 2 is 2.17 bits per heavy atom. The van der Waals surface area contributed by atoms with Crippen molar-refractivity contribution in [2.75, 3.05) is 7.05 Å².